The molecule has 120 valence electrons. The van der Waals surface area contributed by atoms with Crippen molar-refractivity contribution in [1.29, 1.82) is 0 Å². The molecule has 1 heterocycles. The monoisotopic (exact) mass is 312 g/mol. The minimum atomic E-state index is -0.597. The molecule has 0 spiro atoms. The van der Waals surface area contributed by atoms with Gasteiger partial charge in [0.15, 0.2) is 0 Å². The summed E-state index contributed by atoms with van der Waals surface area (Å²) in [6.45, 7) is 1.78. The molecule has 2 amide bonds. The molecule has 1 atom stereocenters. The molecule has 1 aliphatic rings. The largest absolute Gasteiger partial charge is 0.352 e. The van der Waals surface area contributed by atoms with Crippen LogP contribution < -0.4 is 10.6 Å². The molecule has 1 fully saturated rings. The molecule has 1 saturated carbocycles. The van der Waals surface area contributed by atoms with Gasteiger partial charge >= 0.3 is 0 Å². The fourth-order valence-corrected chi connectivity index (χ4v) is 2.40. The molecular weight excluding hydrogens is 292 g/mol. The molecule has 3 rings (SSSR count). The lowest BCUT2D eigenvalue weighted by molar-refractivity contribution is -0.123. The van der Waals surface area contributed by atoms with E-state index in [-0.39, 0.29) is 17.9 Å². The van der Waals surface area contributed by atoms with Crippen LogP contribution in [0.5, 0.6) is 0 Å². The average Bonchev–Trinajstić information content (AvgIpc) is 3.25. The molecule has 6 nitrogen and oxygen atoms in total. The Morgan fingerprint density at radius 3 is 2.65 bits per heavy atom. The number of benzene rings is 1. The van der Waals surface area contributed by atoms with Crippen LogP contribution in [-0.2, 0) is 11.2 Å². The van der Waals surface area contributed by atoms with Crippen molar-refractivity contribution in [2.24, 2.45) is 0 Å². The van der Waals surface area contributed by atoms with Gasteiger partial charge in [-0.2, -0.15) is 5.10 Å². The van der Waals surface area contributed by atoms with Gasteiger partial charge in [0.25, 0.3) is 5.91 Å². The van der Waals surface area contributed by atoms with Crippen LogP contribution >= 0.6 is 0 Å². The van der Waals surface area contributed by atoms with Crippen molar-refractivity contribution in [1.82, 2.24) is 20.8 Å². The van der Waals surface area contributed by atoms with E-state index >= 15 is 0 Å². The summed E-state index contributed by atoms with van der Waals surface area (Å²) in [5, 5.41) is 12.4. The Morgan fingerprint density at radius 1 is 1.30 bits per heavy atom. The second-order valence-electron chi connectivity index (χ2n) is 5.91. The maximum atomic E-state index is 12.4. The van der Waals surface area contributed by atoms with Gasteiger partial charge in [-0.15, -0.1) is 0 Å². The fourth-order valence-electron chi connectivity index (χ4n) is 2.40. The standard InChI is InChI=1S/C17H20N4O2/c1-11-14(10-18-21-11)16(22)20-15(17(23)19-13-7-8-13)9-12-5-3-2-4-6-12/h2-6,10,13,15H,7-9H2,1H3,(H,18,21)(H,19,23)(H,20,22)/t15-/m1/s1. The zero-order valence-electron chi connectivity index (χ0n) is 13.0. The Hall–Kier alpha value is -2.63. The number of amides is 2. The molecule has 1 aromatic carbocycles. The molecule has 0 aliphatic heterocycles. The molecule has 0 bridgehead atoms. The molecule has 3 N–H and O–H groups in total. The van der Waals surface area contributed by atoms with Crippen LogP contribution in [0.3, 0.4) is 0 Å². The first-order chi connectivity index (χ1) is 11.1. The third kappa shape index (κ3) is 3.97. The first kappa shape index (κ1) is 15.3. The smallest absolute Gasteiger partial charge is 0.255 e. The van der Waals surface area contributed by atoms with Gasteiger partial charge in [0.2, 0.25) is 5.91 Å². The third-order valence-electron chi connectivity index (χ3n) is 3.90. The highest BCUT2D eigenvalue weighted by molar-refractivity contribution is 5.98. The number of nitrogens with one attached hydrogen (secondary N) is 3. The minimum Gasteiger partial charge on any atom is -0.352 e. The predicted molar refractivity (Wildman–Crippen MR) is 85.9 cm³/mol. The van der Waals surface area contributed by atoms with E-state index in [0.717, 1.165) is 18.4 Å². The maximum absolute atomic E-state index is 12.4. The molecule has 1 aliphatic carbocycles. The number of rotatable bonds is 6. The van der Waals surface area contributed by atoms with E-state index in [4.69, 9.17) is 0 Å². The number of carbonyl (C=O) groups excluding carboxylic acids is 2. The predicted octanol–water partition coefficient (Wildman–Crippen LogP) is 1.34. The highest BCUT2D eigenvalue weighted by Gasteiger charge is 2.29. The summed E-state index contributed by atoms with van der Waals surface area (Å²) in [7, 11) is 0. The number of aryl methyl sites for hydroxylation is 1. The van der Waals surface area contributed by atoms with Crippen LogP contribution in [-0.4, -0.2) is 34.1 Å². The Kier molecular flexibility index (Phi) is 4.41. The summed E-state index contributed by atoms with van der Waals surface area (Å²) in [4.78, 5) is 24.8. The highest BCUT2D eigenvalue weighted by Crippen LogP contribution is 2.19. The normalized spacial score (nSPS) is 15.0. The first-order valence-electron chi connectivity index (χ1n) is 7.78. The van der Waals surface area contributed by atoms with Gasteiger partial charge in [0.05, 0.1) is 11.8 Å². The van der Waals surface area contributed by atoms with Gasteiger partial charge in [-0.1, -0.05) is 30.3 Å². The number of aromatic nitrogens is 2. The fraction of sp³-hybridized carbons (Fsp3) is 0.353. The second-order valence-corrected chi connectivity index (χ2v) is 5.91. The van der Waals surface area contributed by atoms with Gasteiger partial charge in [-0.05, 0) is 25.3 Å². The van der Waals surface area contributed by atoms with Crippen LogP contribution in [0, 0.1) is 6.92 Å². The van der Waals surface area contributed by atoms with Crippen molar-refractivity contribution in [3.8, 4) is 0 Å². The Labute approximate surface area is 134 Å². The Balaban J connectivity index is 1.72. The first-order valence-corrected chi connectivity index (χ1v) is 7.78. The summed E-state index contributed by atoms with van der Waals surface area (Å²) < 4.78 is 0. The van der Waals surface area contributed by atoms with Crippen LogP contribution in [0.25, 0.3) is 0 Å². The zero-order valence-corrected chi connectivity index (χ0v) is 13.0. The molecule has 0 saturated heterocycles. The van der Waals surface area contributed by atoms with Crippen molar-refractivity contribution in [3.05, 3.63) is 53.3 Å². The van der Waals surface area contributed by atoms with Crippen molar-refractivity contribution in [3.63, 3.8) is 0 Å². The van der Waals surface area contributed by atoms with Crippen LogP contribution in [0.15, 0.2) is 36.5 Å². The molecular formula is C17H20N4O2. The van der Waals surface area contributed by atoms with Gasteiger partial charge in [-0.3, -0.25) is 14.7 Å². The average molecular weight is 312 g/mol. The Morgan fingerprint density at radius 2 is 2.04 bits per heavy atom. The molecule has 2 aromatic rings. The summed E-state index contributed by atoms with van der Waals surface area (Å²) in [6, 6.07) is 9.34. The van der Waals surface area contributed by atoms with Crippen LogP contribution in [0.4, 0.5) is 0 Å². The lowest BCUT2D eigenvalue weighted by atomic mass is 10.0. The molecule has 0 radical (unpaired) electrons. The molecule has 23 heavy (non-hydrogen) atoms. The summed E-state index contributed by atoms with van der Waals surface area (Å²) >= 11 is 0. The van der Waals surface area contributed by atoms with Gasteiger partial charge in [0, 0.05) is 18.2 Å². The lowest BCUT2D eigenvalue weighted by Crippen LogP contribution is -2.48. The lowest BCUT2D eigenvalue weighted by Gasteiger charge is -2.18. The maximum Gasteiger partial charge on any atom is 0.255 e. The number of carbonyl (C=O) groups is 2. The van der Waals surface area contributed by atoms with E-state index in [9.17, 15) is 9.59 Å². The van der Waals surface area contributed by atoms with E-state index in [1.165, 1.54) is 6.20 Å². The number of aromatic amines is 1. The topological polar surface area (TPSA) is 86.9 Å². The van der Waals surface area contributed by atoms with Crippen molar-refractivity contribution >= 4 is 11.8 Å². The van der Waals surface area contributed by atoms with Crippen molar-refractivity contribution in [2.75, 3.05) is 0 Å². The van der Waals surface area contributed by atoms with Crippen molar-refractivity contribution < 1.29 is 9.59 Å². The quantitative estimate of drug-likeness (QED) is 0.752. The summed E-state index contributed by atoms with van der Waals surface area (Å²) in [5.41, 5.74) is 2.15. The number of H-pyrrole nitrogens is 1. The highest BCUT2D eigenvalue weighted by atomic mass is 16.2. The van der Waals surface area contributed by atoms with Crippen molar-refractivity contribution in [2.45, 2.75) is 38.3 Å². The Bertz CT molecular complexity index is 692. The van der Waals surface area contributed by atoms with E-state index < -0.39 is 6.04 Å². The molecule has 6 heteroatoms. The number of nitrogens with zero attached hydrogens (tertiary/aromatic N) is 1. The molecule has 1 aromatic heterocycles. The number of hydrogen-bond donors (Lipinski definition) is 3. The van der Waals surface area contributed by atoms with Gasteiger partial charge in [-0.25, -0.2) is 0 Å². The number of hydrogen-bond acceptors (Lipinski definition) is 3. The summed E-state index contributed by atoms with van der Waals surface area (Å²) in [6.07, 6.45) is 3.96. The van der Waals surface area contributed by atoms with E-state index in [1.807, 2.05) is 30.3 Å². The zero-order chi connectivity index (χ0) is 16.2. The van der Waals surface area contributed by atoms with E-state index in [0.29, 0.717) is 17.7 Å². The SMILES string of the molecule is Cc1[nH]ncc1C(=O)N[C@H](Cc1ccccc1)C(=O)NC1CC1. The third-order valence-corrected chi connectivity index (χ3v) is 3.90. The van der Waals surface area contributed by atoms with Crippen LogP contribution in [0.1, 0.15) is 34.5 Å². The van der Waals surface area contributed by atoms with Crippen LogP contribution in [0.2, 0.25) is 0 Å². The van der Waals surface area contributed by atoms with Gasteiger partial charge in [0.1, 0.15) is 6.04 Å². The second kappa shape index (κ2) is 6.64. The van der Waals surface area contributed by atoms with Gasteiger partial charge < -0.3 is 10.6 Å². The van der Waals surface area contributed by atoms with E-state index in [1.54, 1.807) is 6.92 Å². The minimum absolute atomic E-state index is 0.133. The van der Waals surface area contributed by atoms with E-state index in [2.05, 4.69) is 20.8 Å². The summed E-state index contributed by atoms with van der Waals surface area (Å²) in [5.74, 6) is -0.422. The molecule has 0 unspecified atom stereocenters.